The Hall–Kier alpha value is 2.41. The van der Waals surface area contributed by atoms with Crippen LogP contribution in [-0.2, 0) is 0 Å². The summed E-state index contributed by atoms with van der Waals surface area (Å²) in [7, 11) is 1.40. The Kier molecular flexibility index (Phi) is 26.4. The molecule has 54 valence electrons. The van der Waals surface area contributed by atoms with E-state index < -0.39 is 0 Å². The zero-order chi connectivity index (χ0) is 6.83. The van der Waals surface area contributed by atoms with Gasteiger partial charge in [0.25, 0.3) is 0 Å². The van der Waals surface area contributed by atoms with Crippen LogP contribution in [-0.4, -0.2) is 10.2 Å². The third kappa shape index (κ3) is 23.7. The Morgan fingerprint density at radius 2 is 1.88 bits per heavy atom. The van der Waals surface area contributed by atoms with Crippen LogP contribution in [0.5, 0.6) is 0 Å². The quantitative estimate of drug-likeness (QED) is 0.373. The summed E-state index contributed by atoms with van der Waals surface area (Å²) in [5.41, 5.74) is 0. The summed E-state index contributed by atoms with van der Waals surface area (Å²) < 4.78 is 0. The van der Waals surface area contributed by atoms with Gasteiger partial charge in [0, 0.05) is 10.2 Å². The van der Waals surface area contributed by atoms with E-state index in [1.54, 1.807) is 0 Å². The van der Waals surface area contributed by atoms with Gasteiger partial charge in [0.1, 0.15) is 0 Å². The zero-order valence-electron chi connectivity index (χ0n) is 5.26. The molecule has 0 N–H and O–H groups in total. The van der Waals surface area contributed by atoms with Crippen LogP contribution in [0.25, 0.3) is 0 Å². The normalized spacial score (nSPS) is 8.38. The molecule has 0 radical (unpaired) electrons. The van der Waals surface area contributed by atoms with Gasteiger partial charge in [-0.2, -0.15) is 0 Å². The molecule has 0 fully saturated rings. The van der Waals surface area contributed by atoms with E-state index >= 15 is 0 Å². The number of hydrogen-bond donors (Lipinski definition) is 0. The van der Waals surface area contributed by atoms with Crippen molar-refractivity contribution in [3.8, 4) is 0 Å². The molecule has 0 aliphatic carbocycles. The van der Waals surface area contributed by atoms with Gasteiger partial charge < -0.3 is 0 Å². The average Bonchev–Trinajstić information content (AvgIpc) is 1.71. The Balaban J connectivity index is 0. The number of unbranched alkanes of at least 4 members (excludes halogenated alkanes) is 1. The molecule has 0 spiro atoms. The average molecular weight is 469 g/mol. The van der Waals surface area contributed by atoms with Crippen molar-refractivity contribution < 1.29 is 13.3 Å². The van der Waals surface area contributed by atoms with Crippen molar-refractivity contribution in [2.24, 2.45) is 0 Å². The van der Waals surface area contributed by atoms with E-state index in [0.717, 1.165) is 0 Å². The van der Waals surface area contributed by atoms with E-state index in [9.17, 15) is 0 Å². The Bertz CT molecular complexity index is 25.2. The Labute approximate surface area is 85.0 Å². The Morgan fingerprint density at radius 1 is 1.50 bits per heavy atom. The van der Waals surface area contributed by atoms with Crippen molar-refractivity contribution in [3.63, 3.8) is 0 Å². The third-order valence-corrected chi connectivity index (χ3v) is 1.41. The molecule has 0 saturated heterocycles. The predicted molar refractivity (Wildman–Crippen MR) is 57.7 cm³/mol. The van der Waals surface area contributed by atoms with Gasteiger partial charge in [0.05, 0.1) is 0 Å². The van der Waals surface area contributed by atoms with Gasteiger partial charge in [-0.05, 0) is 0 Å². The molecule has 0 aliphatic rings. The van der Waals surface area contributed by atoms with Gasteiger partial charge in [-0.1, -0.05) is 25.8 Å². The predicted octanol–water partition coefficient (Wildman–Crippen LogP) is -0.654. The molecule has 0 aromatic heterocycles. The van der Waals surface area contributed by atoms with Crippen molar-refractivity contribution >= 4 is 47.5 Å². The van der Waals surface area contributed by atoms with Crippen LogP contribution in [0.3, 0.4) is 0 Å². The van der Waals surface area contributed by atoms with Gasteiger partial charge in [-0.3, -0.25) is 0 Å². The topological polar surface area (TPSA) is 0 Å². The van der Waals surface area contributed by atoms with Gasteiger partial charge in [-0.15, -0.1) is 0 Å². The van der Waals surface area contributed by atoms with E-state index in [1.165, 1.54) is 29.1 Å². The molecule has 8 heavy (non-hydrogen) atoms. The fourth-order valence-electron chi connectivity index (χ4n) is 0.354. The molecule has 0 heterocycles. The second-order valence-corrected chi connectivity index (χ2v) is 18.7. The first-order chi connectivity index (χ1) is 3.83. The van der Waals surface area contributed by atoms with Crippen molar-refractivity contribution in [1.29, 1.82) is 0 Å². The molecule has 0 nitrogen and oxygen atoms in total. The molecular weight excluding hydrogens is 457 g/mol. The van der Waals surface area contributed by atoms with E-state index in [1.807, 2.05) is 0 Å². The summed E-state index contributed by atoms with van der Waals surface area (Å²) in [5, 5.41) is 0. The van der Waals surface area contributed by atoms with Gasteiger partial charge in [0.2, 0.25) is 0 Å². The van der Waals surface area contributed by atoms with Crippen LogP contribution in [0.1, 0.15) is 19.8 Å². The molecule has 0 saturated carbocycles. The maximum absolute atomic E-state index is 2.39. The second kappa shape index (κ2) is 16.2. The van der Waals surface area contributed by atoms with Crippen LogP contribution in [0, 0.1) is 0 Å². The maximum atomic E-state index is 2.39. The molecule has 4 heteroatoms. The SMILES string of the molecule is CCCC[SiH3].I[I-]I. The third-order valence-electron chi connectivity index (χ3n) is 0.707. The van der Waals surface area contributed by atoms with E-state index in [2.05, 4.69) is 44.2 Å². The molecule has 0 bridgehead atoms. The molecular formula is C4H12I3Si-. The minimum atomic E-state index is 0.530. The zero-order valence-corrected chi connectivity index (χ0v) is 13.7. The van der Waals surface area contributed by atoms with Crippen LogP contribution < -0.4 is 13.3 Å². The summed E-state index contributed by atoms with van der Waals surface area (Å²) in [4.78, 5) is 0. The first kappa shape index (κ1) is 13.0. The van der Waals surface area contributed by atoms with Crippen molar-refractivity contribution in [1.82, 2.24) is 0 Å². The van der Waals surface area contributed by atoms with Crippen LogP contribution >= 0.6 is 37.2 Å². The second-order valence-electron chi connectivity index (χ2n) is 1.41. The molecule has 0 aromatic carbocycles. The first-order valence-corrected chi connectivity index (χ1v) is 16.7. The summed E-state index contributed by atoms with van der Waals surface area (Å²) in [6.07, 6.45) is 2.83. The minimum absolute atomic E-state index is 0.530. The molecule has 0 unspecified atom stereocenters. The van der Waals surface area contributed by atoms with E-state index in [0.29, 0.717) is 13.3 Å². The summed E-state index contributed by atoms with van der Waals surface area (Å²) >= 11 is 5.30. The molecule has 0 amide bonds. The van der Waals surface area contributed by atoms with E-state index in [4.69, 9.17) is 0 Å². The standard InChI is InChI=1S/C4H12Si.I3/c1-2-3-4-5;1-3-2/h2-4H2,1,5H3;/q;-1. The number of rotatable bonds is 2. The van der Waals surface area contributed by atoms with Crippen LogP contribution in [0.4, 0.5) is 0 Å². The van der Waals surface area contributed by atoms with Gasteiger partial charge in [-0.25, -0.2) is 0 Å². The molecule has 0 atom stereocenters. The first-order valence-electron chi connectivity index (χ1n) is 2.70. The molecule has 0 aliphatic heterocycles. The molecule has 0 rings (SSSR count). The fraction of sp³-hybridized carbons (Fsp3) is 1.00. The van der Waals surface area contributed by atoms with Gasteiger partial charge in [0.15, 0.2) is 0 Å². The van der Waals surface area contributed by atoms with Crippen LogP contribution in [0.2, 0.25) is 6.04 Å². The summed E-state index contributed by atoms with van der Waals surface area (Å²) in [6.45, 7) is 2.23. The van der Waals surface area contributed by atoms with E-state index in [-0.39, 0.29) is 0 Å². The van der Waals surface area contributed by atoms with Crippen molar-refractivity contribution in [2.75, 3.05) is 0 Å². The van der Waals surface area contributed by atoms with Gasteiger partial charge >= 0.3 is 50.5 Å². The molecule has 0 aromatic rings. The number of hydrogen-bond acceptors (Lipinski definition) is 0. The summed E-state index contributed by atoms with van der Waals surface area (Å²) in [6, 6.07) is 1.48. The fourth-order valence-corrected chi connectivity index (χ4v) is 1.06. The Morgan fingerprint density at radius 3 is 1.88 bits per heavy atom. The summed E-state index contributed by atoms with van der Waals surface area (Å²) in [5.74, 6) is 0. The van der Waals surface area contributed by atoms with Crippen LogP contribution in [0.15, 0.2) is 0 Å². The monoisotopic (exact) mass is 469 g/mol. The number of halogens is 3. The van der Waals surface area contributed by atoms with Crippen molar-refractivity contribution in [2.45, 2.75) is 25.8 Å². The van der Waals surface area contributed by atoms with Crippen molar-refractivity contribution in [3.05, 3.63) is 0 Å².